The van der Waals surface area contributed by atoms with Crippen molar-refractivity contribution in [1.29, 1.82) is 0 Å². The molecule has 0 radical (unpaired) electrons. The van der Waals surface area contributed by atoms with E-state index in [2.05, 4.69) is 45.5 Å². The van der Waals surface area contributed by atoms with Crippen LogP contribution in [0.1, 0.15) is 38.1 Å². The van der Waals surface area contributed by atoms with Gasteiger partial charge in [0.15, 0.2) is 0 Å². The maximum Gasteiger partial charge on any atom is 0.209 e. The number of unbranched alkanes of at least 4 members (excludes halogenated alkanes) is 1. The van der Waals surface area contributed by atoms with Gasteiger partial charge in [0, 0.05) is 25.3 Å². The number of quaternary nitrogens is 1. The Morgan fingerprint density at radius 3 is 2.75 bits per heavy atom. The smallest absolute Gasteiger partial charge is 0.209 e. The number of aromatic nitrogens is 4. The first-order valence-corrected chi connectivity index (χ1v) is 10.2. The molecule has 2 aromatic rings. The quantitative estimate of drug-likeness (QED) is 0.653. The van der Waals surface area contributed by atoms with Gasteiger partial charge in [-0.25, -0.2) is 4.68 Å². The standard InChI is InChI=1S/C20H32N6O2/c1-4-5-9-19(20-21-22-23-26(20)14-15-27-2)25-12-10-24(11-13-25)17-7-6-8-18(16-17)28-3/h6-8,16,19H,4-5,9-15H2,1-3H3/p+1/t19-/m0/s1. The lowest BCUT2D eigenvalue weighted by molar-refractivity contribution is -0.933. The van der Waals surface area contributed by atoms with Gasteiger partial charge in [0.05, 0.1) is 46.4 Å². The molecule has 1 saturated heterocycles. The fraction of sp³-hybridized carbons (Fsp3) is 0.650. The van der Waals surface area contributed by atoms with Crippen molar-refractivity contribution in [3.8, 4) is 5.75 Å². The largest absolute Gasteiger partial charge is 0.497 e. The number of benzene rings is 1. The number of hydrogen-bond acceptors (Lipinski definition) is 6. The Morgan fingerprint density at radius 1 is 1.21 bits per heavy atom. The highest BCUT2D eigenvalue weighted by atomic mass is 16.5. The summed E-state index contributed by atoms with van der Waals surface area (Å²) in [4.78, 5) is 4.01. The van der Waals surface area contributed by atoms with Gasteiger partial charge < -0.3 is 19.3 Å². The third-order valence-corrected chi connectivity index (χ3v) is 5.54. The monoisotopic (exact) mass is 389 g/mol. The molecule has 8 nitrogen and oxygen atoms in total. The van der Waals surface area contributed by atoms with E-state index in [1.807, 2.05) is 10.7 Å². The van der Waals surface area contributed by atoms with Crippen molar-refractivity contribution >= 4 is 5.69 Å². The van der Waals surface area contributed by atoms with Crippen LogP contribution >= 0.6 is 0 Å². The van der Waals surface area contributed by atoms with Gasteiger partial charge in [0.25, 0.3) is 0 Å². The molecule has 0 spiro atoms. The third kappa shape index (κ3) is 4.99. The molecular weight excluding hydrogens is 356 g/mol. The van der Waals surface area contributed by atoms with Crippen LogP contribution in [0.15, 0.2) is 24.3 Å². The lowest BCUT2D eigenvalue weighted by atomic mass is 10.1. The van der Waals surface area contributed by atoms with E-state index < -0.39 is 0 Å². The molecule has 0 bridgehead atoms. The van der Waals surface area contributed by atoms with Crippen LogP contribution in [0, 0.1) is 0 Å². The molecule has 1 fully saturated rings. The molecule has 2 heterocycles. The first-order valence-electron chi connectivity index (χ1n) is 10.2. The Hall–Kier alpha value is -2.19. The molecule has 0 saturated carbocycles. The summed E-state index contributed by atoms with van der Waals surface area (Å²) in [5, 5.41) is 12.5. The fourth-order valence-corrected chi connectivity index (χ4v) is 3.93. The molecule has 1 aromatic heterocycles. The predicted molar refractivity (Wildman–Crippen MR) is 108 cm³/mol. The Bertz CT molecular complexity index is 714. The number of piperazine rings is 1. The van der Waals surface area contributed by atoms with Crippen LogP contribution in [0.3, 0.4) is 0 Å². The van der Waals surface area contributed by atoms with Gasteiger partial charge in [-0.15, -0.1) is 5.10 Å². The van der Waals surface area contributed by atoms with E-state index >= 15 is 0 Å². The summed E-state index contributed by atoms with van der Waals surface area (Å²) in [6, 6.07) is 8.66. The van der Waals surface area contributed by atoms with E-state index in [9.17, 15) is 0 Å². The van der Waals surface area contributed by atoms with Crippen molar-refractivity contribution in [3.05, 3.63) is 30.1 Å². The maximum absolute atomic E-state index is 5.38. The first kappa shape index (κ1) is 20.5. The normalized spacial score (nSPS) is 16.3. The summed E-state index contributed by atoms with van der Waals surface area (Å²) in [5.74, 6) is 1.90. The molecule has 0 unspecified atom stereocenters. The van der Waals surface area contributed by atoms with Crippen LogP contribution in [0.5, 0.6) is 5.75 Å². The van der Waals surface area contributed by atoms with Crippen molar-refractivity contribution in [2.45, 2.75) is 38.8 Å². The van der Waals surface area contributed by atoms with Crippen LogP contribution in [0.25, 0.3) is 0 Å². The van der Waals surface area contributed by atoms with Crippen molar-refractivity contribution in [1.82, 2.24) is 20.2 Å². The minimum Gasteiger partial charge on any atom is -0.497 e. The van der Waals surface area contributed by atoms with Crippen LogP contribution in [0.4, 0.5) is 5.69 Å². The van der Waals surface area contributed by atoms with E-state index in [0.29, 0.717) is 19.2 Å². The van der Waals surface area contributed by atoms with Gasteiger partial charge in [-0.2, -0.15) is 0 Å². The first-order chi connectivity index (χ1) is 13.8. The highest BCUT2D eigenvalue weighted by molar-refractivity contribution is 5.50. The molecule has 0 amide bonds. The topological polar surface area (TPSA) is 69.7 Å². The molecule has 8 heteroatoms. The number of tetrazole rings is 1. The molecule has 1 N–H and O–H groups in total. The number of methoxy groups -OCH3 is 2. The van der Waals surface area contributed by atoms with Gasteiger partial charge in [-0.3, -0.25) is 0 Å². The minimum absolute atomic E-state index is 0.333. The molecule has 154 valence electrons. The zero-order valence-corrected chi connectivity index (χ0v) is 17.3. The van der Waals surface area contributed by atoms with Crippen molar-refractivity contribution in [3.63, 3.8) is 0 Å². The fourth-order valence-electron chi connectivity index (χ4n) is 3.93. The molecule has 1 aliphatic rings. The number of nitrogens with zero attached hydrogens (tertiary/aromatic N) is 5. The second-order valence-electron chi connectivity index (χ2n) is 7.29. The van der Waals surface area contributed by atoms with E-state index in [0.717, 1.165) is 44.2 Å². The Kier molecular flexibility index (Phi) is 7.62. The zero-order valence-electron chi connectivity index (χ0n) is 17.3. The lowest BCUT2D eigenvalue weighted by Crippen LogP contribution is -3.15. The molecule has 1 atom stereocenters. The number of nitrogens with one attached hydrogen (secondary N) is 1. The molecule has 28 heavy (non-hydrogen) atoms. The van der Waals surface area contributed by atoms with Gasteiger partial charge in [-0.05, 0) is 29.0 Å². The summed E-state index contributed by atoms with van der Waals surface area (Å²) in [7, 11) is 3.43. The summed E-state index contributed by atoms with van der Waals surface area (Å²) < 4.78 is 12.5. The average Bonchev–Trinajstić information content (AvgIpc) is 3.21. The van der Waals surface area contributed by atoms with Crippen LogP contribution in [0.2, 0.25) is 0 Å². The average molecular weight is 390 g/mol. The summed E-state index contributed by atoms with van der Waals surface area (Å²) in [5.41, 5.74) is 1.23. The van der Waals surface area contributed by atoms with Gasteiger partial charge in [0.2, 0.25) is 5.82 Å². The number of ether oxygens (including phenoxy) is 2. The predicted octanol–water partition coefficient (Wildman–Crippen LogP) is 0.965. The maximum atomic E-state index is 5.38. The summed E-state index contributed by atoms with van der Waals surface area (Å²) in [6.45, 7) is 7.74. The number of anilines is 1. The van der Waals surface area contributed by atoms with Crippen LogP contribution < -0.4 is 14.5 Å². The highest BCUT2D eigenvalue weighted by Gasteiger charge is 2.32. The van der Waals surface area contributed by atoms with Gasteiger partial charge in [-0.1, -0.05) is 19.4 Å². The highest BCUT2D eigenvalue weighted by Crippen LogP contribution is 2.21. The molecule has 0 aliphatic carbocycles. The van der Waals surface area contributed by atoms with E-state index in [1.54, 1.807) is 19.1 Å². The van der Waals surface area contributed by atoms with Crippen molar-refractivity contribution in [2.24, 2.45) is 0 Å². The summed E-state index contributed by atoms with van der Waals surface area (Å²) >= 11 is 0. The number of hydrogen-bond donors (Lipinski definition) is 1. The van der Waals surface area contributed by atoms with E-state index in [-0.39, 0.29) is 0 Å². The zero-order chi connectivity index (χ0) is 19.8. The van der Waals surface area contributed by atoms with Crippen molar-refractivity contribution in [2.75, 3.05) is 51.9 Å². The minimum atomic E-state index is 0.333. The molecular formula is C20H33N6O2+. The lowest BCUT2D eigenvalue weighted by Gasteiger charge is -2.37. The Labute approximate surface area is 167 Å². The third-order valence-electron chi connectivity index (χ3n) is 5.54. The summed E-state index contributed by atoms with van der Waals surface area (Å²) in [6.07, 6.45) is 3.47. The molecule has 1 aliphatic heterocycles. The van der Waals surface area contributed by atoms with E-state index in [4.69, 9.17) is 9.47 Å². The van der Waals surface area contributed by atoms with Crippen LogP contribution in [-0.4, -0.2) is 67.2 Å². The Morgan fingerprint density at radius 2 is 2.04 bits per heavy atom. The number of rotatable bonds is 10. The molecule has 1 aromatic carbocycles. The van der Waals surface area contributed by atoms with Gasteiger partial charge in [0.1, 0.15) is 11.8 Å². The van der Waals surface area contributed by atoms with Crippen molar-refractivity contribution < 1.29 is 14.4 Å². The second-order valence-corrected chi connectivity index (χ2v) is 7.29. The van der Waals surface area contributed by atoms with Gasteiger partial charge >= 0.3 is 0 Å². The SMILES string of the molecule is CCCC[C@@H](c1nnnn1CCOC)[NH+]1CCN(c2cccc(OC)c2)CC1. The molecule has 3 rings (SSSR count). The second kappa shape index (κ2) is 10.4. The van der Waals surface area contributed by atoms with E-state index in [1.165, 1.54) is 18.5 Å². The Balaban J connectivity index is 1.68. The van der Waals surface area contributed by atoms with Crippen LogP contribution in [-0.2, 0) is 11.3 Å².